The summed E-state index contributed by atoms with van der Waals surface area (Å²) in [4.78, 5) is 19.6. The molecule has 0 bridgehead atoms. The Balaban J connectivity index is 1.81. The van der Waals surface area contributed by atoms with E-state index in [1.165, 1.54) is 0 Å². The van der Waals surface area contributed by atoms with Crippen molar-refractivity contribution in [2.75, 3.05) is 37.0 Å². The van der Waals surface area contributed by atoms with Gasteiger partial charge in [-0.25, -0.2) is 0 Å². The highest BCUT2D eigenvalue weighted by molar-refractivity contribution is 7.99. The van der Waals surface area contributed by atoms with Crippen LogP contribution in [-0.2, 0) is 0 Å². The van der Waals surface area contributed by atoms with Crippen molar-refractivity contribution < 1.29 is 9.53 Å². The molecule has 1 N–H and O–H groups in total. The molecule has 1 saturated heterocycles. The molecule has 1 aliphatic rings. The normalized spacial score (nSPS) is 14.2. The molecule has 0 spiro atoms. The molecule has 0 aliphatic carbocycles. The molecule has 0 radical (unpaired) electrons. The number of benzene rings is 2. The van der Waals surface area contributed by atoms with E-state index in [2.05, 4.69) is 10.3 Å². The third-order valence-electron chi connectivity index (χ3n) is 4.67. The number of hydrogen-bond acceptors (Lipinski definition) is 5. The highest BCUT2D eigenvalue weighted by Gasteiger charge is 2.23. The summed E-state index contributed by atoms with van der Waals surface area (Å²) in [5, 5.41) is 4.35. The van der Waals surface area contributed by atoms with Crippen molar-refractivity contribution in [2.45, 2.75) is 0 Å². The molecule has 1 aromatic heterocycles. The van der Waals surface area contributed by atoms with E-state index in [4.69, 9.17) is 4.74 Å². The van der Waals surface area contributed by atoms with Crippen LogP contribution in [-0.4, -0.2) is 47.5 Å². The van der Waals surface area contributed by atoms with E-state index in [9.17, 15) is 4.79 Å². The van der Waals surface area contributed by atoms with Crippen molar-refractivity contribution in [1.29, 1.82) is 0 Å². The quantitative estimate of drug-likeness (QED) is 0.737. The molecule has 2 heterocycles. The molecule has 1 amide bonds. The standard InChI is InChI=1S/C21H21N3O2S/c1-26-19-9-5-4-8-18(19)23-20-15-6-2-3-7-17(15)22-14-16(20)21(25)24-10-12-27-13-11-24/h2-9,14H,10-13H2,1H3,(H,22,23). The van der Waals surface area contributed by atoms with E-state index in [0.29, 0.717) is 5.56 Å². The number of nitrogens with one attached hydrogen (secondary N) is 1. The number of rotatable bonds is 4. The van der Waals surface area contributed by atoms with Gasteiger partial charge in [-0.2, -0.15) is 11.8 Å². The first-order valence-electron chi connectivity index (χ1n) is 8.93. The number of anilines is 2. The Bertz CT molecular complexity index is 971. The van der Waals surface area contributed by atoms with Crippen molar-refractivity contribution >= 4 is 39.9 Å². The molecule has 6 heteroatoms. The summed E-state index contributed by atoms with van der Waals surface area (Å²) in [5.74, 6) is 2.70. The molecular weight excluding hydrogens is 358 g/mol. The van der Waals surface area contributed by atoms with Crippen LogP contribution in [0.4, 0.5) is 11.4 Å². The Morgan fingerprint density at radius 2 is 1.85 bits per heavy atom. The lowest BCUT2D eigenvalue weighted by molar-refractivity contribution is 0.0773. The summed E-state index contributed by atoms with van der Waals surface area (Å²) in [6, 6.07) is 15.6. The van der Waals surface area contributed by atoms with Gasteiger partial charge in [0, 0.05) is 36.2 Å². The molecule has 138 valence electrons. The maximum Gasteiger partial charge on any atom is 0.257 e. The minimum absolute atomic E-state index is 0.0194. The number of carbonyl (C=O) groups is 1. The highest BCUT2D eigenvalue weighted by atomic mass is 32.2. The fraction of sp³-hybridized carbons (Fsp3) is 0.238. The van der Waals surface area contributed by atoms with Gasteiger partial charge in [-0.1, -0.05) is 30.3 Å². The van der Waals surface area contributed by atoms with Crippen molar-refractivity contribution in [2.24, 2.45) is 0 Å². The monoisotopic (exact) mass is 379 g/mol. The predicted molar refractivity (Wildman–Crippen MR) is 111 cm³/mol. The SMILES string of the molecule is COc1ccccc1Nc1c(C(=O)N2CCSCC2)cnc2ccccc12. The molecule has 0 unspecified atom stereocenters. The van der Waals surface area contributed by atoms with Crippen molar-refractivity contribution in [3.63, 3.8) is 0 Å². The summed E-state index contributed by atoms with van der Waals surface area (Å²) >= 11 is 1.88. The van der Waals surface area contributed by atoms with E-state index in [-0.39, 0.29) is 5.91 Å². The predicted octanol–water partition coefficient (Wildman–Crippen LogP) is 4.18. The lowest BCUT2D eigenvalue weighted by atomic mass is 10.1. The molecular formula is C21H21N3O2S. The van der Waals surface area contributed by atoms with Gasteiger partial charge in [0.1, 0.15) is 5.75 Å². The van der Waals surface area contributed by atoms with Crippen LogP contribution in [0.3, 0.4) is 0 Å². The van der Waals surface area contributed by atoms with Gasteiger partial charge in [-0.05, 0) is 18.2 Å². The number of para-hydroxylation sites is 3. The summed E-state index contributed by atoms with van der Waals surface area (Å²) in [6.45, 7) is 1.54. The fourth-order valence-corrected chi connectivity index (χ4v) is 4.16. The first-order chi connectivity index (χ1) is 13.3. The zero-order valence-corrected chi connectivity index (χ0v) is 16.0. The minimum atomic E-state index is 0.0194. The first-order valence-corrected chi connectivity index (χ1v) is 10.1. The van der Waals surface area contributed by atoms with Gasteiger partial charge in [0.15, 0.2) is 0 Å². The van der Waals surface area contributed by atoms with Gasteiger partial charge < -0.3 is 15.0 Å². The third-order valence-corrected chi connectivity index (χ3v) is 5.61. The Morgan fingerprint density at radius 3 is 2.67 bits per heavy atom. The number of carbonyl (C=O) groups excluding carboxylic acids is 1. The molecule has 4 rings (SSSR count). The Kier molecular flexibility index (Phi) is 5.16. The number of ether oxygens (including phenoxy) is 1. The molecule has 3 aromatic rings. The number of aromatic nitrogens is 1. The Hall–Kier alpha value is -2.73. The lowest BCUT2D eigenvalue weighted by Gasteiger charge is -2.27. The largest absolute Gasteiger partial charge is 0.495 e. The third kappa shape index (κ3) is 3.57. The summed E-state index contributed by atoms with van der Waals surface area (Å²) in [5.41, 5.74) is 3.03. The number of pyridine rings is 1. The number of nitrogens with zero attached hydrogens (tertiary/aromatic N) is 2. The number of hydrogen-bond donors (Lipinski definition) is 1. The zero-order valence-electron chi connectivity index (χ0n) is 15.1. The highest BCUT2D eigenvalue weighted by Crippen LogP contribution is 2.33. The van der Waals surface area contributed by atoms with Gasteiger partial charge in [-0.15, -0.1) is 0 Å². The maximum absolute atomic E-state index is 13.2. The second-order valence-electron chi connectivity index (χ2n) is 6.29. The number of methoxy groups -OCH3 is 1. The van der Waals surface area contributed by atoms with Crippen LogP contribution in [0.2, 0.25) is 0 Å². The average molecular weight is 379 g/mol. The zero-order chi connectivity index (χ0) is 18.6. The van der Waals surface area contributed by atoms with Gasteiger partial charge >= 0.3 is 0 Å². The maximum atomic E-state index is 13.2. The minimum Gasteiger partial charge on any atom is -0.495 e. The second kappa shape index (κ2) is 7.88. The number of amides is 1. The topological polar surface area (TPSA) is 54.5 Å². The molecule has 5 nitrogen and oxygen atoms in total. The molecule has 1 fully saturated rings. The van der Waals surface area contributed by atoms with Gasteiger partial charge in [-0.3, -0.25) is 9.78 Å². The van der Waals surface area contributed by atoms with E-state index >= 15 is 0 Å². The summed E-state index contributed by atoms with van der Waals surface area (Å²) in [7, 11) is 1.64. The van der Waals surface area contributed by atoms with Gasteiger partial charge in [0.05, 0.1) is 29.6 Å². The van der Waals surface area contributed by atoms with E-state index in [1.54, 1.807) is 13.3 Å². The number of fused-ring (bicyclic) bond motifs is 1. The van der Waals surface area contributed by atoms with Crippen molar-refractivity contribution in [1.82, 2.24) is 9.88 Å². The van der Waals surface area contributed by atoms with Crippen LogP contribution >= 0.6 is 11.8 Å². The second-order valence-corrected chi connectivity index (χ2v) is 7.52. The smallest absolute Gasteiger partial charge is 0.257 e. The van der Waals surface area contributed by atoms with Crippen LogP contribution in [0.1, 0.15) is 10.4 Å². The lowest BCUT2D eigenvalue weighted by Crippen LogP contribution is -2.38. The van der Waals surface area contributed by atoms with Gasteiger partial charge in [0.25, 0.3) is 5.91 Å². The fourth-order valence-electron chi connectivity index (χ4n) is 3.26. The molecule has 0 saturated carbocycles. The van der Waals surface area contributed by atoms with E-state index in [1.807, 2.05) is 65.2 Å². The van der Waals surface area contributed by atoms with Crippen molar-refractivity contribution in [3.8, 4) is 5.75 Å². The average Bonchev–Trinajstić information content (AvgIpc) is 2.74. The number of thioether (sulfide) groups is 1. The first kappa shape index (κ1) is 17.7. The van der Waals surface area contributed by atoms with Crippen molar-refractivity contribution in [3.05, 3.63) is 60.3 Å². The van der Waals surface area contributed by atoms with Crippen LogP contribution in [0.25, 0.3) is 10.9 Å². The van der Waals surface area contributed by atoms with Crippen LogP contribution in [0, 0.1) is 0 Å². The van der Waals surface area contributed by atoms with E-state index < -0.39 is 0 Å². The van der Waals surface area contributed by atoms with Crippen LogP contribution in [0.5, 0.6) is 5.75 Å². The molecule has 27 heavy (non-hydrogen) atoms. The molecule has 2 aromatic carbocycles. The van der Waals surface area contributed by atoms with Crippen LogP contribution < -0.4 is 10.1 Å². The summed E-state index contributed by atoms with van der Waals surface area (Å²) < 4.78 is 5.47. The Labute approximate surface area is 162 Å². The van der Waals surface area contributed by atoms with Crippen LogP contribution in [0.15, 0.2) is 54.7 Å². The molecule has 0 atom stereocenters. The van der Waals surface area contributed by atoms with Gasteiger partial charge in [0.2, 0.25) is 0 Å². The Morgan fingerprint density at radius 1 is 1.11 bits per heavy atom. The van der Waals surface area contributed by atoms with E-state index in [0.717, 1.165) is 52.6 Å². The molecule has 1 aliphatic heterocycles. The summed E-state index contributed by atoms with van der Waals surface area (Å²) in [6.07, 6.45) is 1.68.